The number of hydrogen-bond acceptors (Lipinski definition) is 4. The minimum Gasteiger partial charge on any atom is -0.497 e. The molecule has 0 spiro atoms. The van der Waals surface area contributed by atoms with Crippen LogP contribution < -0.4 is 4.74 Å². The molecule has 98 valence electrons. The van der Waals surface area contributed by atoms with E-state index in [1.54, 1.807) is 12.0 Å². The first-order valence-electron chi connectivity index (χ1n) is 5.86. The van der Waals surface area contributed by atoms with E-state index in [1.165, 1.54) is 0 Å². The average Bonchev–Trinajstić information content (AvgIpc) is 2.42. The molecule has 18 heavy (non-hydrogen) atoms. The first-order valence-corrected chi connectivity index (χ1v) is 5.86. The monoisotopic (exact) mass is 251 g/mol. The molecule has 5 nitrogen and oxygen atoms in total. The predicted molar refractivity (Wildman–Crippen MR) is 65.2 cm³/mol. The van der Waals surface area contributed by atoms with E-state index in [0.717, 1.165) is 11.3 Å². The van der Waals surface area contributed by atoms with Gasteiger partial charge in [0.05, 0.1) is 19.8 Å². The van der Waals surface area contributed by atoms with E-state index >= 15 is 0 Å². The zero-order chi connectivity index (χ0) is 13.0. The zero-order valence-corrected chi connectivity index (χ0v) is 10.3. The number of carbonyl (C=O) groups is 1. The number of aliphatic hydroxyl groups is 1. The third-order valence-electron chi connectivity index (χ3n) is 2.96. The molecular weight excluding hydrogens is 234 g/mol. The Balaban J connectivity index is 2.00. The number of nitrogens with zero attached hydrogens (tertiary/aromatic N) is 1. The summed E-state index contributed by atoms with van der Waals surface area (Å²) in [6.07, 6.45) is -0.277. The van der Waals surface area contributed by atoms with Crippen molar-refractivity contribution in [2.24, 2.45) is 0 Å². The molecule has 1 heterocycles. The molecule has 0 aromatic heterocycles. The van der Waals surface area contributed by atoms with Crippen LogP contribution >= 0.6 is 0 Å². The van der Waals surface area contributed by atoms with E-state index in [2.05, 4.69) is 0 Å². The van der Waals surface area contributed by atoms with E-state index in [1.807, 2.05) is 24.3 Å². The van der Waals surface area contributed by atoms with Gasteiger partial charge in [-0.3, -0.25) is 4.79 Å². The lowest BCUT2D eigenvalue weighted by molar-refractivity contribution is -0.151. The summed E-state index contributed by atoms with van der Waals surface area (Å²) in [5.41, 5.74) is 1.03. The van der Waals surface area contributed by atoms with Crippen LogP contribution in [-0.4, -0.2) is 48.9 Å². The predicted octanol–water partition coefficient (Wildman–Crippen LogP) is 0.415. The van der Waals surface area contributed by atoms with Crippen molar-refractivity contribution in [1.29, 1.82) is 0 Å². The molecule has 2 rings (SSSR count). The molecule has 1 aromatic carbocycles. The van der Waals surface area contributed by atoms with Gasteiger partial charge in [-0.25, -0.2) is 0 Å². The maximum absolute atomic E-state index is 11.7. The highest BCUT2D eigenvalue weighted by molar-refractivity contribution is 5.78. The molecule has 5 heteroatoms. The SMILES string of the molecule is COc1ccc(CN2CC(CO)OCC2=O)cc1. The molecule has 0 aliphatic carbocycles. The fraction of sp³-hybridized carbons (Fsp3) is 0.462. The molecule has 1 fully saturated rings. The number of methoxy groups -OCH3 is 1. The van der Waals surface area contributed by atoms with Crippen LogP contribution in [0.5, 0.6) is 5.75 Å². The number of benzene rings is 1. The first-order chi connectivity index (χ1) is 8.72. The number of rotatable bonds is 4. The van der Waals surface area contributed by atoms with Crippen LogP contribution in [0.25, 0.3) is 0 Å². The first kappa shape index (κ1) is 12.9. The van der Waals surface area contributed by atoms with E-state index < -0.39 is 0 Å². The van der Waals surface area contributed by atoms with Crippen molar-refractivity contribution in [3.8, 4) is 5.75 Å². The summed E-state index contributed by atoms with van der Waals surface area (Å²) in [4.78, 5) is 13.4. The molecule has 1 N–H and O–H groups in total. The average molecular weight is 251 g/mol. The number of carbonyl (C=O) groups excluding carboxylic acids is 1. The van der Waals surface area contributed by atoms with Crippen LogP contribution in [-0.2, 0) is 16.1 Å². The lowest BCUT2D eigenvalue weighted by Crippen LogP contribution is -2.47. The van der Waals surface area contributed by atoms with Crippen molar-refractivity contribution in [2.45, 2.75) is 12.6 Å². The minimum atomic E-state index is -0.277. The fourth-order valence-electron chi connectivity index (χ4n) is 1.90. The van der Waals surface area contributed by atoms with Gasteiger partial charge in [-0.15, -0.1) is 0 Å². The number of morpholine rings is 1. The van der Waals surface area contributed by atoms with Gasteiger partial charge in [-0.2, -0.15) is 0 Å². The van der Waals surface area contributed by atoms with E-state index in [0.29, 0.717) is 13.1 Å². The Hall–Kier alpha value is -1.59. The minimum absolute atomic E-state index is 0.0430. The summed E-state index contributed by atoms with van der Waals surface area (Å²) in [6.45, 7) is 0.942. The zero-order valence-electron chi connectivity index (χ0n) is 10.3. The van der Waals surface area contributed by atoms with Crippen LogP contribution in [0.4, 0.5) is 0 Å². The lowest BCUT2D eigenvalue weighted by atomic mass is 10.2. The lowest BCUT2D eigenvalue weighted by Gasteiger charge is -2.31. The molecule has 0 bridgehead atoms. The summed E-state index contributed by atoms with van der Waals surface area (Å²) in [5.74, 6) is 0.746. The summed E-state index contributed by atoms with van der Waals surface area (Å²) in [5, 5.41) is 9.05. The smallest absolute Gasteiger partial charge is 0.248 e. The van der Waals surface area contributed by atoms with E-state index in [-0.39, 0.29) is 25.2 Å². The topological polar surface area (TPSA) is 59.0 Å². The Morgan fingerprint density at radius 3 is 2.78 bits per heavy atom. The number of ether oxygens (including phenoxy) is 2. The maximum Gasteiger partial charge on any atom is 0.248 e. The van der Waals surface area contributed by atoms with Gasteiger partial charge >= 0.3 is 0 Å². The van der Waals surface area contributed by atoms with E-state index in [4.69, 9.17) is 14.6 Å². The van der Waals surface area contributed by atoms with Crippen LogP contribution in [0.3, 0.4) is 0 Å². The van der Waals surface area contributed by atoms with Gasteiger partial charge in [0.15, 0.2) is 0 Å². The van der Waals surface area contributed by atoms with Crippen molar-refractivity contribution in [2.75, 3.05) is 26.9 Å². The highest BCUT2D eigenvalue weighted by atomic mass is 16.5. The number of aliphatic hydroxyl groups excluding tert-OH is 1. The summed E-state index contributed by atoms with van der Waals surface area (Å²) in [6, 6.07) is 7.58. The van der Waals surface area contributed by atoms with Gasteiger partial charge in [0, 0.05) is 13.1 Å². The molecule has 1 aliphatic heterocycles. The Morgan fingerprint density at radius 1 is 1.44 bits per heavy atom. The second-order valence-corrected chi connectivity index (χ2v) is 4.24. The van der Waals surface area contributed by atoms with Gasteiger partial charge in [-0.1, -0.05) is 12.1 Å². The molecule has 1 atom stereocenters. The molecular formula is C13H17NO4. The van der Waals surface area contributed by atoms with Crippen molar-refractivity contribution in [1.82, 2.24) is 4.90 Å². The Bertz CT molecular complexity index is 404. The highest BCUT2D eigenvalue weighted by Crippen LogP contribution is 2.15. The molecule has 1 aromatic rings. The number of hydrogen-bond donors (Lipinski definition) is 1. The second-order valence-electron chi connectivity index (χ2n) is 4.24. The second kappa shape index (κ2) is 5.84. The normalized spacial score (nSPS) is 20.0. The molecule has 1 aliphatic rings. The third kappa shape index (κ3) is 3.00. The molecule has 0 radical (unpaired) electrons. The molecule has 1 amide bonds. The van der Waals surface area contributed by atoms with Crippen LogP contribution in [0, 0.1) is 0 Å². The maximum atomic E-state index is 11.7. The Labute approximate surface area is 106 Å². The fourth-order valence-corrected chi connectivity index (χ4v) is 1.90. The van der Waals surface area contributed by atoms with Crippen molar-refractivity contribution in [3.63, 3.8) is 0 Å². The van der Waals surface area contributed by atoms with Gasteiger partial charge in [-0.05, 0) is 17.7 Å². The van der Waals surface area contributed by atoms with Crippen molar-refractivity contribution >= 4 is 5.91 Å². The van der Waals surface area contributed by atoms with Gasteiger partial charge < -0.3 is 19.5 Å². The van der Waals surface area contributed by atoms with Gasteiger partial charge in [0.25, 0.3) is 0 Å². The van der Waals surface area contributed by atoms with E-state index in [9.17, 15) is 4.79 Å². The van der Waals surface area contributed by atoms with Crippen LogP contribution in [0.2, 0.25) is 0 Å². The largest absolute Gasteiger partial charge is 0.497 e. The quantitative estimate of drug-likeness (QED) is 0.842. The molecule has 0 saturated carbocycles. The Morgan fingerprint density at radius 2 is 2.17 bits per heavy atom. The van der Waals surface area contributed by atoms with Gasteiger partial charge in [0.1, 0.15) is 12.4 Å². The summed E-state index contributed by atoms with van der Waals surface area (Å²) in [7, 11) is 1.62. The van der Waals surface area contributed by atoms with Crippen LogP contribution in [0.15, 0.2) is 24.3 Å². The Kier molecular flexibility index (Phi) is 4.17. The molecule has 1 unspecified atom stereocenters. The number of amides is 1. The summed E-state index contributed by atoms with van der Waals surface area (Å²) >= 11 is 0. The highest BCUT2D eigenvalue weighted by Gasteiger charge is 2.25. The van der Waals surface area contributed by atoms with Gasteiger partial charge in [0.2, 0.25) is 5.91 Å². The van der Waals surface area contributed by atoms with Crippen molar-refractivity contribution in [3.05, 3.63) is 29.8 Å². The van der Waals surface area contributed by atoms with Crippen molar-refractivity contribution < 1.29 is 19.4 Å². The summed E-state index contributed by atoms with van der Waals surface area (Å²) < 4.78 is 10.3. The standard InChI is InChI=1S/C13H17NO4/c1-17-11-4-2-10(3-5-11)6-14-7-12(8-15)18-9-13(14)16/h2-5,12,15H,6-9H2,1H3. The van der Waals surface area contributed by atoms with Crippen LogP contribution in [0.1, 0.15) is 5.56 Å². The third-order valence-corrected chi connectivity index (χ3v) is 2.96. The molecule has 1 saturated heterocycles.